The van der Waals surface area contributed by atoms with Gasteiger partial charge in [0.1, 0.15) is 0 Å². The van der Waals surface area contributed by atoms with Crippen LogP contribution in [-0.2, 0) is 6.42 Å². The maximum absolute atomic E-state index is 10.0. The molecule has 0 heterocycles. The number of phenols is 1. The minimum Gasteiger partial charge on any atom is -0.502 e. The van der Waals surface area contributed by atoms with Crippen molar-refractivity contribution in [1.29, 1.82) is 0 Å². The van der Waals surface area contributed by atoms with Gasteiger partial charge in [-0.05, 0) is 36.2 Å². The number of ether oxygens (including phenoxy) is 3. The number of hydrogen-bond donors (Lipinski definition) is 1. The van der Waals surface area contributed by atoms with E-state index in [1.807, 2.05) is 18.2 Å². The van der Waals surface area contributed by atoms with Gasteiger partial charge in [-0.3, -0.25) is 0 Å². The summed E-state index contributed by atoms with van der Waals surface area (Å²) in [5.41, 5.74) is 1.07. The molecule has 110 valence electrons. The Morgan fingerprint density at radius 1 is 1.00 bits per heavy atom. The van der Waals surface area contributed by atoms with Gasteiger partial charge in [-0.25, -0.2) is 0 Å². The minimum absolute atomic E-state index is 0.0442. The molecular weight excluding hydrogens is 268 g/mol. The van der Waals surface area contributed by atoms with Crippen LogP contribution in [0, 0.1) is 0 Å². The highest BCUT2D eigenvalue weighted by atomic mass is 16.5. The highest BCUT2D eigenvalue weighted by molar-refractivity contribution is 5.53. The fraction of sp³-hybridized carbons (Fsp3) is 0.176. The summed E-state index contributed by atoms with van der Waals surface area (Å²) < 4.78 is 16.1. The molecule has 0 bridgehead atoms. The number of aromatic hydroxyl groups is 1. The van der Waals surface area contributed by atoms with Crippen molar-refractivity contribution in [3.63, 3.8) is 0 Å². The van der Waals surface area contributed by atoms with E-state index in [9.17, 15) is 5.11 Å². The average Bonchev–Trinajstić information content (AvgIpc) is 2.51. The molecule has 4 nitrogen and oxygen atoms in total. The molecular formula is C17H18O4. The van der Waals surface area contributed by atoms with Crippen LogP contribution in [0.4, 0.5) is 0 Å². The molecule has 0 aliphatic carbocycles. The summed E-state index contributed by atoms with van der Waals surface area (Å²) in [6.07, 6.45) is 2.57. The van der Waals surface area contributed by atoms with Crippen LogP contribution >= 0.6 is 0 Å². The third-order valence-corrected chi connectivity index (χ3v) is 3.01. The van der Waals surface area contributed by atoms with Gasteiger partial charge in [-0.15, -0.1) is 6.58 Å². The Hall–Kier alpha value is -2.62. The van der Waals surface area contributed by atoms with Gasteiger partial charge < -0.3 is 19.3 Å². The first kappa shape index (κ1) is 14.8. The Balaban J connectivity index is 2.33. The van der Waals surface area contributed by atoms with Gasteiger partial charge in [0.15, 0.2) is 23.0 Å². The summed E-state index contributed by atoms with van der Waals surface area (Å²) in [4.78, 5) is 0. The second-order valence-electron chi connectivity index (χ2n) is 4.39. The highest BCUT2D eigenvalue weighted by Crippen LogP contribution is 2.40. The van der Waals surface area contributed by atoms with E-state index in [4.69, 9.17) is 14.2 Å². The monoisotopic (exact) mass is 286 g/mol. The molecule has 0 spiro atoms. The lowest BCUT2D eigenvalue weighted by Gasteiger charge is -2.13. The van der Waals surface area contributed by atoms with Crippen LogP contribution in [0.1, 0.15) is 5.56 Å². The number of rotatable bonds is 6. The largest absolute Gasteiger partial charge is 0.502 e. The fourth-order valence-corrected chi connectivity index (χ4v) is 1.96. The van der Waals surface area contributed by atoms with Crippen molar-refractivity contribution in [3.8, 4) is 28.7 Å². The SMILES string of the molecule is C=CCc1ccc(Oc2cccc(OC)c2O)c(OC)c1. The number of benzene rings is 2. The lowest BCUT2D eigenvalue weighted by Crippen LogP contribution is -1.93. The zero-order chi connectivity index (χ0) is 15.2. The van der Waals surface area contributed by atoms with Gasteiger partial charge in [-0.1, -0.05) is 18.2 Å². The van der Waals surface area contributed by atoms with Crippen LogP contribution in [0.2, 0.25) is 0 Å². The smallest absolute Gasteiger partial charge is 0.201 e. The van der Waals surface area contributed by atoms with Gasteiger partial charge in [-0.2, -0.15) is 0 Å². The van der Waals surface area contributed by atoms with Crippen LogP contribution in [0.3, 0.4) is 0 Å². The van der Waals surface area contributed by atoms with E-state index in [-0.39, 0.29) is 5.75 Å². The molecule has 0 aliphatic rings. The first-order valence-corrected chi connectivity index (χ1v) is 6.51. The Morgan fingerprint density at radius 2 is 1.71 bits per heavy atom. The maximum Gasteiger partial charge on any atom is 0.201 e. The quantitative estimate of drug-likeness (QED) is 0.817. The van der Waals surface area contributed by atoms with E-state index < -0.39 is 0 Å². The van der Waals surface area contributed by atoms with Crippen LogP contribution < -0.4 is 14.2 Å². The van der Waals surface area contributed by atoms with Gasteiger partial charge in [0, 0.05) is 0 Å². The van der Waals surface area contributed by atoms with Crippen molar-refractivity contribution in [2.45, 2.75) is 6.42 Å². The van der Waals surface area contributed by atoms with Crippen molar-refractivity contribution in [3.05, 3.63) is 54.6 Å². The Bertz CT molecular complexity index is 635. The van der Waals surface area contributed by atoms with E-state index in [0.717, 1.165) is 12.0 Å². The normalized spacial score (nSPS) is 10.0. The predicted molar refractivity (Wildman–Crippen MR) is 81.6 cm³/mol. The van der Waals surface area contributed by atoms with E-state index in [1.54, 1.807) is 31.4 Å². The third kappa shape index (κ3) is 3.28. The molecule has 4 heteroatoms. The number of methoxy groups -OCH3 is 2. The zero-order valence-corrected chi connectivity index (χ0v) is 12.1. The molecule has 2 rings (SSSR count). The summed E-state index contributed by atoms with van der Waals surface area (Å²) >= 11 is 0. The summed E-state index contributed by atoms with van der Waals surface area (Å²) in [6, 6.07) is 10.7. The van der Waals surface area contributed by atoms with Crippen molar-refractivity contribution in [2.24, 2.45) is 0 Å². The van der Waals surface area contributed by atoms with Crippen molar-refractivity contribution in [2.75, 3.05) is 14.2 Å². The third-order valence-electron chi connectivity index (χ3n) is 3.01. The molecule has 0 saturated heterocycles. The summed E-state index contributed by atoms with van der Waals surface area (Å²) in [5.74, 6) is 1.74. The summed E-state index contributed by atoms with van der Waals surface area (Å²) in [7, 11) is 3.06. The van der Waals surface area contributed by atoms with Gasteiger partial charge in [0.25, 0.3) is 0 Å². The Labute approximate surface area is 124 Å². The first-order chi connectivity index (χ1) is 10.2. The number of allylic oxidation sites excluding steroid dienone is 1. The van der Waals surface area contributed by atoms with Gasteiger partial charge >= 0.3 is 0 Å². The lowest BCUT2D eigenvalue weighted by molar-refractivity contribution is 0.344. The molecule has 0 radical (unpaired) electrons. The average molecular weight is 286 g/mol. The van der Waals surface area contributed by atoms with Crippen LogP contribution in [-0.4, -0.2) is 19.3 Å². The molecule has 0 fully saturated rings. The molecule has 0 atom stereocenters. The van der Waals surface area contributed by atoms with E-state index in [1.165, 1.54) is 7.11 Å². The number of hydrogen-bond acceptors (Lipinski definition) is 4. The molecule has 0 saturated carbocycles. The van der Waals surface area contributed by atoms with Crippen LogP contribution in [0.15, 0.2) is 49.1 Å². The molecule has 1 N–H and O–H groups in total. The molecule has 2 aromatic rings. The molecule has 2 aromatic carbocycles. The van der Waals surface area contributed by atoms with Crippen LogP contribution in [0.25, 0.3) is 0 Å². The van der Waals surface area contributed by atoms with E-state index in [0.29, 0.717) is 23.0 Å². The topological polar surface area (TPSA) is 47.9 Å². The van der Waals surface area contributed by atoms with Crippen molar-refractivity contribution in [1.82, 2.24) is 0 Å². The first-order valence-electron chi connectivity index (χ1n) is 6.51. The summed E-state index contributed by atoms with van der Waals surface area (Å²) in [5, 5.41) is 10.0. The van der Waals surface area contributed by atoms with E-state index >= 15 is 0 Å². The minimum atomic E-state index is -0.0442. The highest BCUT2D eigenvalue weighted by Gasteiger charge is 2.12. The second kappa shape index (κ2) is 6.70. The predicted octanol–water partition coefficient (Wildman–Crippen LogP) is 3.93. The van der Waals surface area contributed by atoms with Crippen molar-refractivity contribution >= 4 is 0 Å². The van der Waals surface area contributed by atoms with E-state index in [2.05, 4.69) is 6.58 Å². The Morgan fingerprint density at radius 3 is 2.38 bits per heavy atom. The summed E-state index contributed by atoms with van der Waals surface area (Å²) in [6.45, 7) is 3.71. The van der Waals surface area contributed by atoms with Gasteiger partial charge in [0.05, 0.1) is 14.2 Å². The molecule has 0 amide bonds. The molecule has 21 heavy (non-hydrogen) atoms. The molecule has 0 aromatic heterocycles. The standard InChI is InChI=1S/C17H18O4/c1-4-6-12-9-10-13(16(11-12)20-3)21-15-8-5-7-14(19-2)17(15)18/h4-5,7-11,18H,1,6H2,2-3H3. The number of para-hydroxylation sites is 1. The second-order valence-corrected chi connectivity index (χ2v) is 4.39. The number of phenolic OH excluding ortho intramolecular Hbond substituents is 1. The Kier molecular flexibility index (Phi) is 4.72. The maximum atomic E-state index is 10.0. The zero-order valence-electron chi connectivity index (χ0n) is 12.1. The molecule has 0 unspecified atom stereocenters. The van der Waals surface area contributed by atoms with Gasteiger partial charge in [0.2, 0.25) is 5.75 Å². The lowest BCUT2D eigenvalue weighted by atomic mass is 10.1. The van der Waals surface area contributed by atoms with Crippen molar-refractivity contribution < 1.29 is 19.3 Å². The molecule has 0 aliphatic heterocycles. The van der Waals surface area contributed by atoms with Crippen LogP contribution in [0.5, 0.6) is 28.7 Å². The fourth-order valence-electron chi connectivity index (χ4n) is 1.96.